The molecule has 0 amide bonds. The molecule has 3 rings (SSSR count). The zero-order valence-corrected chi connectivity index (χ0v) is 14.3. The summed E-state index contributed by atoms with van der Waals surface area (Å²) in [6.07, 6.45) is 0. The number of benzene rings is 1. The molecule has 1 aliphatic heterocycles. The fourth-order valence-corrected chi connectivity index (χ4v) is 2.98. The van der Waals surface area contributed by atoms with Crippen molar-refractivity contribution in [1.29, 1.82) is 5.26 Å². The average Bonchev–Trinajstić information content (AvgIpc) is 3.06. The maximum Gasteiger partial charge on any atom is 0.173 e. The third-order valence-corrected chi connectivity index (χ3v) is 4.12. The average molecular weight is 326 g/mol. The van der Waals surface area contributed by atoms with Crippen LogP contribution in [0.2, 0.25) is 0 Å². The molecule has 0 bridgehead atoms. The van der Waals surface area contributed by atoms with Crippen LogP contribution in [0.5, 0.6) is 0 Å². The van der Waals surface area contributed by atoms with E-state index in [-0.39, 0.29) is 11.6 Å². The van der Waals surface area contributed by atoms with Crippen LogP contribution in [0.15, 0.2) is 24.3 Å². The molecule has 7 heteroatoms. The van der Waals surface area contributed by atoms with Gasteiger partial charge in [-0.3, -0.25) is 4.90 Å². The number of hydrogen-bond donors (Lipinski definition) is 0. The van der Waals surface area contributed by atoms with E-state index in [2.05, 4.69) is 47.3 Å². The number of hydrogen-bond acceptors (Lipinski definition) is 6. The van der Waals surface area contributed by atoms with Gasteiger partial charge >= 0.3 is 0 Å². The van der Waals surface area contributed by atoms with Crippen LogP contribution in [0.3, 0.4) is 0 Å². The van der Waals surface area contributed by atoms with Gasteiger partial charge in [0.2, 0.25) is 0 Å². The third-order valence-electron chi connectivity index (χ3n) is 4.12. The summed E-state index contributed by atoms with van der Waals surface area (Å²) in [6, 6.07) is 9.78. The predicted molar refractivity (Wildman–Crippen MR) is 88.2 cm³/mol. The number of nitriles is 1. The van der Waals surface area contributed by atoms with E-state index in [1.807, 2.05) is 28.9 Å². The molecule has 0 saturated carbocycles. The first-order valence-electron chi connectivity index (χ1n) is 8.11. The standard InChI is InChI=1S/C17H22N6O/c1-17(2,3)23-16(19-20-21-23)15(22-7-9-24-10-8-22)14-6-4-5-13(11-14)12-18/h4-6,11,15H,7-10H2,1-3H3. The Morgan fingerprint density at radius 2 is 2.00 bits per heavy atom. The zero-order valence-electron chi connectivity index (χ0n) is 14.3. The number of morpholine rings is 1. The van der Waals surface area contributed by atoms with Gasteiger partial charge in [0.15, 0.2) is 5.82 Å². The van der Waals surface area contributed by atoms with E-state index in [9.17, 15) is 5.26 Å². The fourth-order valence-electron chi connectivity index (χ4n) is 2.98. The fraction of sp³-hybridized carbons (Fsp3) is 0.529. The van der Waals surface area contributed by atoms with Crippen LogP contribution >= 0.6 is 0 Å². The molecule has 0 N–H and O–H groups in total. The van der Waals surface area contributed by atoms with E-state index in [0.717, 1.165) is 24.5 Å². The summed E-state index contributed by atoms with van der Waals surface area (Å²) in [5, 5.41) is 21.7. The molecule has 1 atom stereocenters. The van der Waals surface area contributed by atoms with Gasteiger partial charge in [-0.1, -0.05) is 12.1 Å². The van der Waals surface area contributed by atoms with Crippen molar-refractivity contribution in [3.8, 4) is 6.07 Å². The second kappa shape index (κ2) is 6.67. The number of rotatable bonds is 3. The van der Waals surface area contributed by atoms with Crippen LogP contribution in [0.4, 0.5) is 0 Å². The molecular formula is C17H22N6O. The maximum absolute atomic E-state index is 9.24. The first kappa shape index (κ1) is 16.6. The van der Waals surface area contributed by atoms with Crippen LogP contribution in [-0.4, -0.2) is 51.4 Å². The van der Waals surface area contributed by atoms with Crippen molar-refractivity contribution in [3.05, 3.63) is 41.2 Å². The third kappa shape index (κ3) is 3.30. The first-order valence-corrected chi connectivity index (χ1v) is 8.11. The van der Waals surface area contributed by atoms with Crippen molar-refractivity contribution >= 4 is 0 Å². The summed E-state index contributed by atoms with van der Waals surface area (Å²) in [5.41, 5.74) is 1.44. The Hall–Kier alpha value is -2.30. The first-order chi connectivity index (χ1) is 11.5. The largest absolute Gasteiger partial charge is 0.379 e. The predicted octanol–water partition coefficient (Wildman–Crippen LogP) is 1.72. The topological polar surface area (TPSA) is 79.9 Å². The second-order valence-electron chi connectivity index (χ2n) is 6.91. The van der Waals surface area contributed by atoms with Gasteiger partial charge in [-0.05, 0) is 48.9 Å². The quantitative estimate of drug-likeness (QED) is 0.854. The summed E-state index contributed by atoms with van der Waals surface area (Å²) in [7, 11) is 0. The zero-order chi connectivity index (χ0) is 17.2. The Bertz CT molecular complexity index is 736. The van der Waals surface area contributed by atoms with Gasteiger partial charge < -0.3 is 4.74 Å². The lowest BCUT2D eigenvalue weighted by atomic mass is 10.00. The maximum atomic E-state index is 9.24. The van der Waals surface area contributed by atoms with E-state index in [1.54, 1.807) is 0 Å². The molecule has 0 aliphatic carbocycles. The number of tetrazole rings is 1. The molecule has 1 aromatic carbocycles. The minimum Gasteiger partial charge on any atom is -0.379 e. The normalized spacial score (nSPS) is 17.4. The van der Waals surface area contributed by atoms with Crippen molar-refractivity contribution in [3.63, 3.8) is 0 Å². The lowest BCUT2D eigenvalue weighted by Gasteiger charge is -2.35. The van der Waals surface area contributed by atoms with Crippen molar-refractivity contribution < 1.29 is 4.74 Å². The molecule has 2 aromatic rings. The molecule has 0 spiro atoms. The Labute approximate surface area is 141 Å². The Morgan fingerprint density at radius 1 is 1.25 bits per heavy atom. The molecule has 1 aliphatic rings. The van der Waals surface area contributed by atoms with Crippen LogP contribution in [-0.2, 0) is 10.3 Å². The molecule has 0 radical (unpaired) electrons. The molecule has 1 aromatic heterocycles. The van der Waals surface area contributed by atoms with E-state index < -0.39 is 0 Å². The van der Waals surface area contributed by atoms with E-state index >= 15 is 0 Å². The lowest BCUT2D eigenvalue weighted by molar-refractivity contribution is 0.0208. The Balaban J connectivity index is 2.09. The van der Waals surface area contributed by atoms with Gasteiger partial charge in [-0.2, -0.15) is 5.26 Å². The van der Waals surface area contributed by atoms with Crippen molar-refractivity contribution in [2.75, 3.05) is 26.3 Å². The van der Waals surface area contributed by atoms with Crippen molar-refractivity contribution in [2.45, 2.75) is 32.4 Å². The molecule has 1 unspecified atom stereocenters. The molecular weight excluding hydrogens is 304 g/mol. The van der Waals surface area contributed by atoms with Gasteiger partial charge in [0, 0.05) is 13.1 Å². The molecule has 7 nitrogen and oxygen atoms in total. The van der Waals surface area contributed by atoms with Crippen molar-refractivity contribution in [2.24, 2.45) is 0 Å². The van der Waals surface area contributed by atoms with Crippen molar-refractivity contribution in [1.82, 2.24) is 25.1 Å². The Morgan fingerprint density at radius 3 is 2.67 bits per heavy atom. The van der Waals surface area contributed by atoms with Gasteiger partial charge in [-0.25, -0.2) is 4.68 Å². The summed E-state index contributed by atoms with van der Waals surface area (Å²) in [5.74, 6) is 0.791. The summed E-state index contributed by atoms with van der Waals surface area (Å²) in [4.78, 5) is 2.31. The highest BCUT2D eigenvalue weighted by molar-refractivity contribution is 5.36. The molecule has 1 saturated heterocycles. The second-order valence-corrected chi connectivity index (χ2v) is 6.91. The van der Waals surface area contributed by atoms with Gasteiger partial charge in [0.1, 0.15) is 0 Å². The summed E-state index contributed by atoms with van der Waals surface area (Å²) >= 11 is 0. The minimum absolute atomic E-state index is 0.101. The highest BCUT2D eigenvalue weighted by Crippen LogP contribution is 2.30. The molecule has 126 valence electrons. The smallest absolute Gasteiger partial charge is 0.173 e. The van der Waals surface area contributed by atoms with Crippen LogP contribution < -0.4 is 0 Å². The summed E-state index contributed by atoms with van der Waals surface area (Å²) < 4.78 is 7.36. The van der Waals surface area contributed by atoms with E-state index in [4.69, 9.17) is 4.74 Å². The lowest BCUT2D eigenvalue weighted by Crippen LogP contribution is -2.41. The number of aromatic nitrogens is 4. The molecule has 24 heavy (non-hydrogen) atoms. The minimum atomic E-state index is -0.226. The van der Waals surface area contributed by atoms with Gasteiger partial charge in [0.05, 0.1) is 36.4 Å². The monoisotopic (exact) mass is 326 g/mol. The SMILES string of the molecule is CC(C)(C)n1nnnc1C(c1cccc(C#N)c1)N1CCOCC1. The highest BCUT2D eigenvalue weighted by atomic mass is 16.5. The summed E-state index contributed by atoms with van der Waals surface area (Å²) in [6.45, 7) is 9.22. The highest BCUT2D eigenvalue weighted by Gasteiger charge is 2.32. The van der Waals surface area contributed by atoms with Gasteiger partial charge in [-0.15, -0.1) is 5.10 Å². The molecule has 1 fully saturated rings. The Kier molecular flexibility index (Phi) is 4.60. The van der Waals surface area contributed by atoms with E-state index in [1.165, 1.54) is 0 Å². The van der Waals surface area contributed by atoms with Crippen LogP contribution in [0.25, 0.3) is 0 Å². The number of nitrogens with zero attached hydrogens (tertiary/aromatic N) is 6. The van der Waals surface area contributed by atoms with Crippen LogP contribution in [0.1, 0.15) is 43.8 Å². The van der Waals surface area contributed by atoms with Gasteiger partial charge in [0.25, 0.3) is 0 Å². The van der Waals surface area contributed by atoms with Crippen LogP contribution in [0, 0.1) is 11.3 Å². The van der Waals surface area contributed by atoms with E-state index in [0.29, 0.717) is 18.8 Å². The molecule has 2 heterocycles. The number of ether oxygens (including phenoxy) is 1.